The molecule has 2 rings (SSSR count). The highest BCUT2D eigenvalue weighted by molar-refractivity contribution is 6.35. The Balaban J connectivity index is 2.04. The van der Waals surface area contributed by atoms with Crippen LogP contribution >= 0.6 is 23.2 Å². The Morgan fingerprint density at radius 1 is 1.09 bits per heavy atom. The molecule has 1 amide bonds. The SMILES string of the molecule is O=C(Cc1ccccc1)N[C@H](Cc1ccc(Cl)cc1Cl)C(=O)O. The molecule has 0 fully saturated rings. The molecular formula is C17H15Cl2NO3. The van der Waals surface area contributed by atoms with Gasteiger partial charge in [0.2, 0.25) is 5.91 Å². The zero-order chi connectivity index (χ0) is 16.8. The van der Waals surface area contributed by atoms with Crippen molar-refractivity contribution in [3.05, 3.63) is 69.7 Å². The van der Waals surface area contributed by atoms with Crippen molar-refractivity contribution in [2.24, 2.45) is 0 Å². The highest BCUT2D eigenvalue weighted by Crippen LogP contribution is 2.22. The smallest absolute Gasteiger partial charge is 0.326 e. The second kappa shape index (κ2) is 7.99. The monoisotopic (exact) mass is 351 g/mol. The van der Waals surface area contributed by atoms with Gasteiger partial charge in [0, 0.05) is 16.5 Å². The summed E-state index contributed by atoms with van der Waals surface area (Å²) in [7, 11) is 0. The van der Waals surface area contributed by atoms with Gasteiger partial charge in [-0.2, -0.15) is 0 Å². The van der Waals surface area contributed by atoms with Gasteiger partial charge in [0.05, 0.1) is 6.42 Å². The normalized spacial score (nSPS) is 11.7. The second-order valence-electron chi connectivity index (χ2n) is 5.06. The molecule has 23 heavy (non-hydrogen) atoms. The molecule has 0 aromatic heterocycles. The largest absolute Gasteiger partial charge is 0.480 e. The first-order chi connectivity index (χ1) is 11.0. The molecule has 0 aliphatic heterocycles. The van der Waals surface area contributed by atoms with Crippen LogP contribution in [0.15, 0.2) is 48.5 Å². The van der Waals surface area contributed by atoms with Gasteiger partial charge in [-0.15, -0.1) is 0 Å². The first kappa shape index (κ1) is 17.3. The summed E-state index contributed by atoms with van der Waals surface area (Å²) in [6.07, 6.45) is 0.213. The Hall–Kier alpha value is -2.04. The van der Waals surface area contributed by atoms with Gasteiger partial charge < -0.3 is 10.4 Å². The van der Waals surface area contributed by atoms with E-state index in [0.717, 1.165) is 5.56 Å². The lowest BCUT2D eigenvalue weighted by Gasteiger charge is -2.15. The molecule has 6 heteroatoms. The van der Waals surface area contributed by atoms with Crippen LogP contribution in [0.4, 0.5) is 0 Å². The molecule has 0 radical (unpaired) electrons. The van der Waals surface area contributed by atoms with E-state index in [-0.39, 0.29) is 18.7 Å². The standard InChI is InChI=1S/C17H15Cl2NO3/c18-13-7-6-12(14(19)10-13)9-15(17(22)23)20-16(21)8-11-4-2-1-3-5-11/h1-7,10,15H,8-9H2,(H,20,21)(H,22,23)/t15-/m1/s1. The van der Waals surface area contributed by atoms with E-state index in [4.69, 9.17) is 23.2 Å². The Kier molecular flexibility index (Phi) is 6.02. The van der Waals surface area contributed by atoms with Crippen molar-refractivity contribution in [3.63, 3.8) is 0 Å². The fourth-order valence-electron chi connectivity index (χ4n) is 2.13. The Morgan fingerprint density at radius 2 is 1.78 bits per heavy atom. The number of carboxylic acids is 1. The van der Waals surface area contributed by atoms with Crippen LogP contribution in [0.5, 0.6) is 0 Å². The van der Waals surface area contributed by atoms with Crippen molar-refractivity contribution >= 4 is 35.1 Å². The van der Waals surface area contributed by atoms with E-state index in [9.17, 15) is 14.7 Å². The van der Waals surface area contributed by atoms with Gasteiger partial charge in [0.25, 0.3) is 0 Å². The Morgan fingerprint density at radius 3 is 2.39 bits per heavy atom. The number of aliphatic carboxylic acids is 1. The third-order valence-electron chi connectivity index (χ3n) is 3.28. The molecule has 0 unspecified atom stereocenters. The zero-order valence-electron chi connectivity index (χ0n) is 12.1. The maximum atomic E-state index is 12.0. The van der Waals surface area contributed by atoms with Crippen molar-refractivity contribution in [1.29, 1.82) is 0 Å². The van der Waals surface area contributed by atoms with Crippen molar-refractivity contribution < 1.29 is 14.7 Å². The maximum absolute atomic E-state index is 12.0. The highest BCUT2D eigenvalue weighted by Gasteiger charge is 2.21. The molecule has 2 aromatic rings. The van der Waals surface area contributed by atoms with Crippen LogP contribution in [-0.4, -0.2) is 23.0 Å². The third kappa shape index (κ3) is 5.27. The molecule has 2 aromatic carbocycles. The average molecular weight is 352 g/mol. The van der Waals surface area contributed by atoms with Crippen LogP contribution in [0, 0.1) is 0 Å². The van der Waals surface area contributed by atoms with E-state index in [1.807, 2.05) is 30.3 Å². The van der Waals surface area contributed by atoms with Gasteiger partial charge in [-0.25, -0.2) is 4.79 Å². The third-order valence-corrected chi connectivity index (χ3v) is 3.87. The molecule has 0 heterocycles. The molecule has 0 aliphatic rings. The summed E-state index contributed by atoms with van der Waals surface area (Å²) in [4.78, 5) is 23.4. The van der Waals surface area contributed by atoms with Crippen LogP contribution in [0.2, 0.25) is 10.0 Å². The summed E-state index contributed by atoms with van der Waals surface area (Å²) < 4.78 is 0. The number of rotatable bonds is 6. The molecule has 4 nitrogen and oxygen atoms in total. The Labute approximate surface area is 144 Å². The number of hydrogen-bond acceptors (Lipinski definition) is 2. The van der Waals surface area contributed by atoms with E-state index in [0.29, 0.717) is 15.6 Å². The first-order valence-electron chi connectivity index (χ1n) is 6.95. The molecule has 120 valence electrons. The van der Waals surface area contributed by atoms with E-state index in [2.05, 4.69) is 5.32 Å². The van der Waals surface area contributed by atoms with Crippen molar-refractivity contribution in [2.75, 3.05) is 0 Å². The van der Waals surface area contributed by atoms with Gasteiger partial charge in [-0.1, -0.05) is 59.6 Å². The molecular weight excluding hydrogens is 337 g/mol. The fraction of sp³-hybridized carbons (Fsp3) is 0.176. The number of carbonyl (C=O) groups excluding carboxylic acids is 1. The van der Waals surface area contributed by atoms with Crippen molar-refractivity contribution in [1.82, 2.24) is 5.32 Å². The zero-order valence-corrected chi connectivity index (χ0v) is 13.6. The van der Waals surface area contributed by atoms with Gasteiger partial charge in [0.1, 0.15) is 6.04 Å². The van der Waals surface area contributed by atoms with Gasteiger partial charge >= 0.3 is 5.97 Å². The highest BCUT2D eigenvalue weighted by atomic mass is 35.5. The molecule has 0 saturated heterocycles. The van der Waals surface area contributed by atoms with Crippen LogP contribution in [0.25, 0.3) is 0 Å². The van der Waals surface area contributed by atoms with Crippen molar-refractivity contribution in [2.45, 2.75) is 18.9 Å². The summed E-state index contributed by atoms with van der Waals surface area (Å²) in [6.45, 7) is 0. The number of amides is 1. The molecule has 0 spiro atoms. The number of nitrogens with one attached hydrogen (secondary N) is 1. The lowest BCUT2D eigenvalue weighted by Crippen LogP contribution is -2.43. The summed E-state index contributed by atoms with van der Waals surface area (Å²) in [5, 5.41) is 12.7. The minimum absolute atomic E-state index is 0.0892. The lowest BCUT2D eigenvalue weighted by atomic mass is 10.1. The van der Waals surface area contributed by atoms with Gasteiger partial charge in [0.15, 0.2) is 0 Å². The van der Waals surface area contributed by atoms with Crippen LogP contribution in [0.3, 0.4) is 0 Å². The molecule has 0 aliphatic carbocycles. The topological polar surface area (TPSA) is 66.4 Å². The van der Waals surface area contributed by atoms with Gasteiger partial charge in [-0.3, -0.25) is 4.79 Å². The summed E-state index contributed by atoms with van der Waals surface area (Å²) in [6, 6.07) is 12.9. The number of hydrogen-bond donors (Lipinski definition) is 2. The summed E-state index contributed by atoms with van der Waals surface area (Å²) in [5.41, 5.74) is 1.43. The van der Waals surface area contributed by atoms with Gasteiger partial charge in [-0.05, 0) is 23.3 Å². The van der Waals surface area contributed by atoms with E-state index in [1.54, 1.807) is 18.2 Å². The van der Waals surface area contributed by atoms with E-state index >= 15 is 0 Å². The number of halogens is 2. The molecule has 0 saturated carbocycles. The Bertz CT molecular complexity index is 704. The van der Waals surface area contributed by atoms with E-state index in [1.165, 1.54) is 0 Å². The number of benzene rings is 2. The maximum Gasteiger partial charge on any atom is 0.326 e. The van der Waals surface area contributed by atoms with Crippen molar-refractivity contribution in [3.8, 4) is 0 Å². The molecule has 2 N–H and O–H groups in total. The van der Waals surface area contributed by atoms with Crippen LogP contribution < -0.4 is 5.32 Å². The predicted octanol–water partition coefficient (Wildman–Crippen LogP) is 3.35. The van der Waals surface area contributed by atoms with E-state index < -0.39 is 12.0 Å². The number of carbonyl (C=O) groups is 2. The molecule has 1 atom stereocenters. The lowest BCUT2D eigenvalue weighted by molar-refractivity contribution is -0.141. The quantitative estimate of drug-likeness (QED) is 0.838. The van der Waals surface area contributed by atoms with Crippen LogP contribution in [-0.2, 0) is 22.4 Å². The fourth-order valence-corrected chi connectivity index (χ4v) is 2.62. The second-order valence-corrected chi connectivity index (χ2v) is 5.90. The summed E-state index contributed by atoms with van der Waals surface area (Å²) >= 11 is 11.9. The average Bonchev–Trinajstić information content (AvgIpc) is 2.50. The minimum atomic E-state index is -1.11. The first-order valence-corrected chi connectivity index (χ1v) is 7.71. The minimum Gasteiger partial charge on any atom is -0.480 e. The summed E-state index contributed by atoms with van der Waals surface area (Å²) in [5.74, 6) is -1.47. The molecule has 0 bridgehead atoms. The number of carboxylic acid groups (broad SMARTS) is 1. The van der Waals surface area contributed by atoms with Crippen LogP contribution in [0.1, 0.15) is 11.1 Å². The predicted molar refractivity (Wildman–Crippen MR) is 89.9 cm³/mol.